The summed E-state index contributed by atoms with van der Waals surface area (Å²) in [7, 11) is 2.06. The minimum absolute atomic E-state index is 0.0175. The lowest BCUT2D eigenvalue weighted by molar-refractivity contribution is -0.103. The lowest BCUT2D eigenvalue weighted by Gasteiger charge is -2.40. The molecule has 4 nitrogen and oxygen atoms in total. The van der Waals surface area contributed by atoms with Gasteiger partial charge in [-0.15, -0.1) is 0 Å². The third kappa shape index (κ3) is 3.44. The van der Waals surface area contributed by atoms with Crippen LogP contribution >= 0.6 is 0 Å². The predicted octanol–water partition coefficient (Wildman–Crippen LogP) is 1.59. The highest BCUT2D eigenvalue weighted by atomic mass is 16.6. The van der Waals surface area contributed by atoms with Crippen LogP contribution in [0.4, 0.5) is 0 Å². The van der Waals surface area contributed by atoms with Gasteiger partial charge >= 0.3 is 0 Å². The van der Waals surface area contributed by atoms with Gasteiger partial charge in [0, 0.05) is 38.9 Å². The second-order valence-electron chi connectivity index (χ2n) is 5.47. The summed E-state index contributed by atoms with van der Waals surface area (Å²) in [4.78, 5) is 0. The van der Waals surface area contributed by atoms with Gasteiger partial charge < -0.3 is 19.5 Å². The Hall–Kier alpha value is -0.160. The van der Waals surface area contributed by atoms with Gasteiger partial charge in [0.15, 0.2) is 0 Å². The minimum Gasteiger partial charge on any atom is -0.382 e. The molecule has 2 aliphatic rings. The van der Waals surface area contributed by atoms with Crippen molar-refractivity contribution >= 4 is 0 Å². The molecule has 0 radical (unpaired) electrons. The maximum absolute atomic E-state index is 5.99. The zero-order valence-corrected chi connectivity index (χ0v) is 11.7. The fourth-order valence-electron chi connectivity index (χ4n) is 3.24. The maximum Gasteiger partial charge on any atom is 0.0939 e. The fraction of sp³-hybridized carbons (Fsp3) is 1.00. The average Bonchev–Trinajstić information content (AvgIpc) is 2.83. The quantitative estimate of drug-likeness (QED) is 0.734. The first-order valence-electron chi connectivity index (χ1n) is 7.26. The van der Waals surface area contributed by atoms with Crippen LogP contribution in [0.1, 0.15) is 32.6 Å². The SMILES string of the molecule is CCOCCC(NC)C1CCOC2(CCOC2)C1. The molecular weight excluding hydrogens is 230 g/mol. The average molecular weight is 257 g/mol. The second-order valence-corrected chi connectivity index (χ2v) is 5.47. The molecule has 0 saturated carbocycles. The van der Waals surface area contributed by atoms with Crippen LogP contribution in [0.15, 0.2) is 0 Å². The van der Waals surface area contributed by atoms with E-state index in [0.29, 0.717) is 12.0 Å². The number of nitrogens with one attached hydrogen (secondary N) is 1. The zero-order valence-electron chi connectivity index (χ0n) is 11.7. The first kappa shape index (κ1) is 14.3. The molecule has 2 aliphatic heterocycles. The van der Waals surface area contributed by atoms with E-state index in [4.69, 9.17) is 14.2 Å². The summed E-state index contributed by atoms with van der Waals surface area (Å²) >= 11 is 0. The van der Waals surface area contributed by atoms with Gasteiger partial charge in [0.2, 0.25) is 0 Å². The van der Waals surface area contributed by atoms with Gasteiger partial charge in [0.1, 0.15) is 0 Å². The van der Waals surface area contributed by atoms with Crippen LogP contribution in [0.3, 0.4) is 0 Å². The minimum atomic E-state index is 0.0175. The van der Waals surface area contributed by atoms with E-state index in [9.17, 15) is 0 Å². The molecule has 18 heavy (non-hydrogen) atoms. The third-order valence-corrected chi connectivity index (χ3v) is 4.32. The van der Waals surface area contributed by atoms with E-state index in [1.54, 1.807) is 0 Å². The summed E-state index contributed by atoms with van der Waals surface area (Å²) in [6, 6.07) is 0.540. The van der Waals surface area contributed by atoms with Crippen LogP contribution in [0.5, 0.6) is 0 Å². The van der Waals surface area contributed by atoms with Gasteiger partial charge in [-0.2, -0.15) is 0 Å². The summed E-state index contributed by atoms with van der Waals surface area (Å²) in [5.74, 6) is 0.686. The topological polar surface area (TPSA) is 39.7 Å². The van der Waals surface area contributed by atoms with Crippen LogP contribution in [-0.2, 0) is 14.2 Å². The Labute approximate surface area is 110 Å². The van der Waals surface area contributed by atoms with E-state index in [-0.39, 0.29) is 5.60 Å². The lowest BCUT2D eigenvalue weighted by atomic mass is 9.80. The molecule has 0 aromatic carbocycles. The van der Waals surface area contributed by atoms with Crippen molar-refractivity contribution < 1.29 is 14.2 Å². The maximum atomic E-state index is 5.99. The van der Waals surface area contributed by atoms with Gasteiger partial charge in [0.05, 0.1) is 12.2 Å². The van der Waals surface area contributed by atoms with Crippen molar-refractivity contribution in [3.8, 4) is 0 Å². The molecule has 3 unspecified atom stereocenters. The van der Waals surface area contributed by atoms with Crippen molar-refractivity contribution in [2.75, 3.05) is 40.1 Å². The highest BCUT2D eigenvalue weighted by Crippen LogP contribution is 2.37. The van der Waals surface area contributed by atoms with Crippen LogP contribution in [-0.4, -0.2) is 51.7 Å². The van der Waals surface area contributed by atoms with Crippen molar-refractivity contribution in [2.24, 2.45) is 5.92 Å². The summed E-state index contributed by atoms with van der Waals surface area (Å²) in [5, 5.41) is 3.46. The van der Waals surface area contributed by atoms with E-state index in [1.165, 1.54) is 0 Å². The lowest BCUT2D eigenvalue weighted by Crippen LogP contribution is -2.46. The molecule has 3 atom stereocenters. The summed E-state index contributed by atoms with van der Waals surface area (Å²) in [5.41, 5.74) is 0.0175. The molecule has 2 heterocycles. The number of hydrogen-bond acceptors (Lipinski definition) is 4. The standard InChI is InChI=1S/C14H27NO3/c1-3-16-7-5-13(15-2)12-4-8-18-14(10-12)6-9-17-11-14/h12-13,15H,3-11H2,1-2H3. The molecule has 0 aliphatic carbocycles. The highest BCUT2D eigenvalue weighted by molar-refractivity contribution is 4.93. The normalized spacial score (nSPS) is 34.0. The van der Waals surface area contributed by atoms with Crippen molar-refractivity contribution in [1.29, 1.82) is 0 Å². The number of ether oxygens (including phenoxy) is 3. The molecule has 0 aromatic rings. The molecule has 4 heteroatoms. The summed E-state index contributed by atoms with van der Waals surface area (Å²) in [6.45, 7) is 6.22. The van der Waals surface area contributed by atoms with Crippen LogP contribution in [0.25, 0.3) is 0 Å². The second kappa shape index (κ2) is 6.85. The smallest absolute Gasteiger partial charge is 0.0939 e. The van der Waals surface area contributed by atoms with Crippen LogP contribution < -0.4 is 5.32 Å². The third-order valence-electron chi connectivity index (χ3n) is 4.32. The van der Waals surface area contributed by atoms with Gasteiger partial charge in [-0.05, 0) is 39.2 Å². The Balaban J connectivity index is 1.85. The molecule has 1 spiro atoms. The fourth-order valence-corrected chi connectivity index (χ4v) is 3.24. The molecule has 0 aromatic heterocycles. The Morgan fingerprint density at radius 1 is 1.44 bits per heavy atom. The van der Waals surface area contributed by atoms with Crippen LogP contribution in [0, 0.1) is 5.92 Å². The Kier molecular flexibility index (Phi) is 5.42. The van der Waals surface area contributed by atoms with Gasteiger partial charge in [-0.25, -0.2) is 0 Å². The molecular formula is C14H27NO3. The number of hydrogen-bond donors (Lipinski definition) is 1. The van der Waals surface area contributed by atoms with E-state index < -0.39 is 0 Å². The Morgan fingerprint density at radius 3 is 3.00 bits per heavy atom. The molecule has 0 bridgehead atoms. The van der Waals surface area contributed by atoms with Crippen molar-refractivity contribution in [2.45, 2.75) is 44.2 Å². The van der Waals surface area contributed by atoms with E-state index in [2.05, 4.69) is 12.4 Å². The van der Waals surface area contributed by atoms with Crippen LogP contribution in [0.2, 0.25) is 0 Å². The largest absolute Gasteiger partial charge is 0.382 e. The van der Waals surface area contributed by atoms with E-state index >= 15 is 0 Å². The first-order valence-corrected chi connectivity index (χ1v) is 7.26. The molecule has 106 valence electrons. The first-order chi connectivity index (χ1) is 8.79. The van der Waals surface area contributed by atoms with E-state index in [1.807, 2.05) is 6.92 Å². The van der Waals surface area contributed by atoms with Crippen molar-refractivity contribution in [3.63, 3.8) is 0 Å². The zero-order chi connectivity index (χ0) is 12.8. The van der Waals surface area contributed by atoms with Crippen molar-refractivity contribution in [1.82, 2.24) is 5.32 Å². The predicted molar refractivity (Wildman–Crippen MR) is 70.8 cm³/mol. The highest BCUT2D eigenvalue weighted by Gasteiger charge is 2.42. The monoisotopic (exact) mass is 257 g/mol. The molecule has 2 saturated heterocycles. The molecule has 1 N–H and O–H groups in total. The molecule has 2 rings (SSSR count). The van der Waals surface area contributed by atoms with Crippen molar-refractivity contribution in [3.05, 3.63) is 0 Å². The van der Waals surface area contributed by atoms with E-state index in [0.717, 1.165) is 58.7 Å². The van der Waals surface area contributed by atoms with Gasteiger partial charge in [-0.3, -0.25) is 0 Å². The Morgan fingerprint density at radius 2 is 2.33 bits per heavy atom. The number of rotatable bonds is 6. The van der Waals surface area contributed by atoms with Gasteiger partial charge in [-0.1, -0.05) is 0 Å². The van der Waals surface area contributed by atoms with Gasteiger partial charge in [0.25, 0.3) is 0 Å². The summed E-state index contributed by atoms with van der Waals surface area (Å²) in [6.07, 6.45) is 4.43. The molecule has 0 amide bonds. The molecule has 2 fully saturated rings. The summed E-state index contributed by atoms with van der Waals surface area (Å²) < 4.78 is 17.0. The Bertz CT molecular complexity index is 241.